The maximum absolute atomic E-state index is 12.4. The molecule has 0 saturated carbocycles. The van der Waals surface area contributed by atoms with Crippen LogP contribution in [0.2, 0.25) is 0 Å². The molecule has 1 aromatic rings. The lowest BCUT2D eigenvalue weighted by molar-refractivity contribution is -0.130. The van der Waals surface area contributed by atoms with Crippen LogP contribution in [0.25, 0.3) is 6.08 Å². The van der Waals surface area contributed by atoms with Crippen LogP contribution in [-0.2, 0) is 9.59 Å². The van der Waals surface area contributed by atoms with Gasteiger partial charge in [-0.2, -0.15) is 0 Å². The van der Waals surface area contributed by atoms with Crippen molar-refractivity contribution in [2.24, 2.45) is 5.92 Å². The van der Waals surface area contributed by atoms with Gasteiger partial charge in [0.1, 0.15) is 0 Å². The summed E-state index contributed by atoms with van der Waals surface area (Å²) in [5.41, 5.74) is 2.11. The zero-order valence-electron chi connectivity index (χ0n) is 14.5. The third kappa shape index (κ3) is 4.83. The number of hydrogen-bond donors (Lipinski definition) is 2. The molecular weight excluding hydrogens is 338 g/mol. The summed E-state index contributed by atoms with van der Waals surface area (Å²) in [6.45, 7) is 4.28. The van der Waals surface area contributed by atoms with E-state index in [-0.39, 0.29) is 30.3 Å². The highest BCUT2D eigenvalue weighted by Gasteiger charge is 2.28. The maximum Gasteiger partial charge on any atom is 0.223 e. The van der Waals surface area contributed by atoms with Crippen LogP contribution >= 0.6 is 12.4 Å². The van der Waals surface area contributed by atoms with E-state index >= 15 is 0 Å². The lowest BCUT2D eigenvalue weighted by Crippen LogP contribution is -2.40. The van der Waals surface area contributed by atoms with Crippen molar-refractivity contribution in [1.29, 1.82) is 0 Å². The Morgan fingerprint density at radius 3 is 2.84 bits per heavy atom. The van der Waals surface area contributed by atoms with Gasteiger partial charge in [0.25, 0.3) is 0 Å². The second-order valence-corrected chi connectivity index (χ2v) is 6.61. The monoisotopic (exact) mass is 363 g/mol. The second-order valence-electron chi connectivity index (χ2n) is 6.61. The van der Waals surface area contributed by atoms with Crippen LogP contribution in [-0.4, -0.2) is 36.3 Å². The second kappa shape index (κ2) is 9.02. The van der Waals surface area contributed by atoms with E-state index in [1.165, 1.54) is 13.3 Å². The lowest BCUT2D eigenvalue weighted by Gasteiger charge is -2.32. The standard InChI is InChI=1S/C19H25N3O2.ClH/c1-14(23)22-10-8-16-6-2-3-7-17(16)18(22)11-19(24)21-13-15-5-4-9-20-12-15;/h2-3,6-8,10,15,18,20H,4-5,9,11-13H2,1H3,(H,21,24);1H. The van der Waals surface area contributed by atoms with Gasteiger partial charge in [-0.1, -0.05) is 24.3 Å². The molecule has 3 rings (SSSR count). The van der Waals surface area contributed by atoms with E-state index < -0.39 is 0 Å². The molecule has 0 spiro atoms. The van der Waals surface area contributed by atoms with Crippen molar-refractivity contribution < 1.29 is 9.59 Å². The molecule has 5 nitrogen and oxygen atoms in total. The summed E-state index contributed by atoms with van der Waals surface area (Å²) >= 11 is 0. The molecule has 0 aliphatic carbocycles. The number of nitrogens with zero attached hydrogens (tertiary/aromatic N) is 1. The van der Waals surface area contributed by atoms with Gasteiger partial charge in [0.15, 0.2) is 0 Å². The van der Waals surface area contributed by atoms with Gasteiger partial charge in [0.2, 0.25) is 11.8 Å². The lowest BCUT2D eigenvalue weighted by atomic mass is 9.93. The van der Waals surface area contributed by atoms with Crippen LogP contribution in [0.15, 0.2) is 30.5 Å². The molecule has 0 radical (unpaired) electrons. The predicted molar refractivity (Wildman–Crippen MR) is 101 cm³/mol. The summed E-state index contributed by atoms with van der Waals surface area (Å²) in [4.78, 5) is 26.0. The van der Waals surface area contributed by atoms with Crippen LogP contribution in [0.4, 0.5) is 0 Å². The topological polar surface area (TPSA) is 61.4 Å². The minimum absolute atomic E-state index is 0. The van der Waals surface area contributed by atoms with Gasteiger partial charge < -0.3 is 15.5 Å². The number of piperidine rings is 1. The van der Waals surface area contributed by atoms with Gasteiger partial charge in [-0.05, 0) is 49.1 Å². The number of fused-ring (bicyclic) bond motifs is 1. The first-order valence-corrected chi connectivity index (χ1v) is 8.68. The highest BCUT2D eigenvalue weighted by atomic mass is 35.5. The Kier molecular flexibility index (Phi) is 7.02. The minimum Gasteiger partial charge on any atom is -0.356 e. The number of nitrogens with one attached hydrogen (secondary N) is 2. The molecular formula is C19H26ClN3O2. The number of amides is 2. The molecule has 2 unspecified atom stereocenters. The molecule has 136 valence electrons. The van der Waals surface area contributed by atoms with E-state index in [0.717, 1.165) is 30.6 Å². The SMILES string of the molecule is CC(=O)N1C=Cc2ccccc2C1CC(=O)NCC1CCCNC1.Cl. The Morgan fingerprint density at radius 1 is 1.32 bits per heavy atom. The van der Waals surface area contributed by atoms with Gasteiger partial charge in [-0.25, -0.2) is 0 Å². The van der Waals surface area contributed by atoms with Gasteiger partial charge in [-0.15, -0.1) is 12.4 Å². The van der Waals surface area contributed by atoms with E-state index in [0.29, 0.717) is 18.9 Å². The Balaban J connectivity index is 0.00000225. The normalized spacial score (nSPS) is 21.9. The molecule has 2 N–H and O–H groups in total. The van der Waals surface area contributed by atoms with Crippen LogP contribution in [0, 0.1) is 5.92 Å². The largest absolute Gasteiger partial charge is 0.356 e. The first kappa shape index (κ1) is 19.5. The minimum atomic E-state index is -0.229. The molecule has 1 saturated heterocycles. The highest BCUT2D eigenvalue weighted by Crippen LogP contribution is 2.32. The highest BCUT2D eigenvalue weighted by molar-refractivity contribution is 5.85. The third-order valence-corrected chi connectivity index (χ3v) is 4.83. The van der Waals surface area contributed by atoms with Gasteiger partial charge >= 0.3 is 0 Å². The summed E-state index contributed by atoms with van der Waals surface area (Å²) in [5.74, 6) is 0.460. The van der Waals surface area contributed by atoms with Crippen LogP contribution in [0.5, 0.6) is 0 Å². The molecule has 6 heteroatoms. The third-order valence-electron chi connectivity index (χ3n) is 4.83. The Labute approximate surface area is 155 Å². The number of hydrogen-bond acceptors (Lipinski definition) is 3. The molecule has 0 bridgehead atoms. The molecule has 1 aromatic carbocycles. The molecule has 2 aliphatic rings. The molecule has 2 aliphatic heterocycles. The van der Waals surface area contributed by atoms with E-state index in [4.69, 9.17) is 0 Å². The van der Waals surface area contributed by atoms with Crippen LogP contribution in [0.3, 0.4) is 0 Å². The van der Waals surface area contributed by atoms with E-state index in [1.807, 2.05) is 30.3 Å². The van der Waals surface area contributed by atoms with E-state index in [2.05, 4.69) is 10.6 Å². The van der Waals surface area contributed by atoms with Crippen molar-refractivity contribution in [1.82, 2.24) is 15.5 Å². The molecule has 1 fully saturated rings. The fourth-order valence-electron chi connectivity index (χ4n) is 3.52. The Morgan fingerprint density at radius 2 is 2.12 bits per heavy atom. The average molecular weight is 364 g/mol. The summed E-state index contributed by atoms with van der Waals surface area (Å²) < 4.78 is 0. The zero-order chi connectivity index (χ0) is 16.9. The Bertz CT molecular complexity index is 641. The summed E-state index contributed by atoms with van der Waals surface area (Å²) in [7, 11) is 0. The smallest absolute Gasteiger partial charge is 0.223 e. The first-order valence-electron chi connectivity index (χ1n) is 8.68. The molecule has 25 heavy (non-hydrogen) atoms. The fourth-order valence-corrected chi connectivity index (χ4v) is 3.52. The number of rotatable bonds is 4. The molecule has 0 aromatic heterocycles. The quantitative estimate of drug-likeness (QED) is 0.864. The van der Waals surface area contributed by atoms with Crippen molar-refractivity contribution in [3.05, 3.63) is 41.6 Å². The summed E-state index contributed by atoms with van der Waals surface area (Å²) in [6.07, 6.45) is 6.33. The maximum atomic E-state index is 12.4. The van der Waals surface area contributed by atoms with Crippen LogP contribution < -0.4 is 10.6 Å². The van der Waals surface area contributed by atoms with Crippen LogP contribution in [0.1, 0.15) is 43.4 Å². The number of carbonyl (C=O) groups is 2. The van der Waals surface area contributed by atoms with Gasteiger partial charge in [0.05, 0.1) is 12.5 Å². The van der Waals surface area contributed by atoms with Gasteiger partial charge in [-0.3, -0.25) is 9.59 Å². The van der Waals surface area contributed by atoms with E-state index in [1.54, 1.807) is 11.1 Å². The van der Waals surface area contributed by atoms with Crippen molar-refractivity contribution in [3.63, 3.8) is 0 Å². The zero-order valence-corrected chi connectivity index (χ0v) is 15.3. The predicted octanol–water partition coefficient (Wildman–Crippen LogP) is 2.49. The first-order chi connectivity index (χ1) is 11.6. The number of carbonyl (C=O) groups excluding carboxylic acids is 2. The van der Waals surface area contributed by atoms with Crippen molar-refractivity contribution in [3.8, 4) is 0 Å². The van der Waals surface area contributed by atoms with Crippen molar-refractivity contribution in [2.75, 3.05) is 19.6 Å². The average Bonchev–Trinajstić information content (AvgIpc) is 2.61. The fraction of sp³-hybridized carbons (Fsp3) is 0.474. The van der Waals surface area contributed by atoms with Crippen molar-refractivity contribution in [2.45, 2.75) is 32.2 Å². The number of halogens is 1. The Hall–Kier alpha value is -1.85. The molecule has 2 atom stereocenters. The van der Waals surface area contributed by atoms with Crippen molar-refractivity contribution >= 4 is 30.3 Å². The summed E-state index contributed by atoms with van der Waals surface area (Å²) in [5, 5.41) is 6.41. The molecule has 2 heterocycles. The summed E-state index contributed by atoms with van der Waals surface area (Å²) in [6, 6.07) is 7.71. The molecule has 2 amide bonds. The van der Waals surface area contributed by atoms with E-state index in [9.17, 15) is 9.59 Å². The number of benzene rings is 1. The van der Waals surface area contributed by atoms with Gasteiger partial charge in [0, 0.05) is 19.7 Å².